The summed E-state index contributed by atoms with van der Waals surface area (Å²) in [5.74, 6) is 1.40. The third kappa shape index (κ3) is 5.90. The molecule has 0 N–H and O–H groups in total. The summed E-state index contributed by atoms with van der Waals surface area (Å²) in [6.45, 7) is 1.26. The second-order valence-corrected chi connectivity index (χ2v) is 11.3. The highest BCUT2D eigenvalue weighted by molar-refractivity contribution is 7.09. The number of thiazole rings is 1. The maximum absolute atomic E-state index is 13.5. The average molecular weight is 593 g/mol. The van der Waals surface area contributed by atoms with Crippen LogP contribution in [0.25, 0.3) is 11.1 Å². The number of benzene rings is 3. The first kappa shape index (κ1) is 28.0. The van der Waals surface area contributed by atoms with Crippen LogP contribution in [0.3, 0.4) is 0 Å². The Bertz CT molecular complexity index is 1610. The highest BCUT2D eigenvalue weighted by atomic mass is 32.1. The molecule has 0 atom stereocenters. The Morgan fingerprint density at radius 1 is 0.952 bits per heavy atom. The zero-order valence-corrected chi connectivity index (χ0v) is 23.3. The molecule has 1 amide bonds. The normalized spacial score (nSPS) is 15.2. The summed E-state index contributed by atoms with van der Waals surface area (Å²) >= 11 is 1.48. The molecule has 6 nitrogen and oxygen atoms in total. The number of amides is 1. The lowest BCUT2D eigenvalue weighted by Crippen LogP contribution is -2.38. The number of Topliss-reactive ketones (excluding diaryl/α,β-unsaturated/α-hetero) is 1. The smallest absolute Gasteiger partial charge is 0.416 e. The minimum Gasteiger partial charge on any atom is -0.454 e. The topological polar surface area (TPSA) is 68.7 Å². The van der Waals surface area contributed by atoms with Crippen molar-refractivity contribution in [2.75, 3.05) is 19.9 Å². The number of rotatable bonds is 7. The van der Waals surface area contributed by atoms with E-state index in [1.807, 2.05) is 23.6 Å². The lowest BCUT2D eigenvalue weighted by atomic mass is 9.94. The maximum Gasteiger partial charge on any atom is 0.416 e. The summed E-state index contributed by atoms with van der Waals surface area (Å²) in [6, 6.07) is 17.6. The summed E-state index contributed by atoms with van der Waals surface area (Å²) in [5, 5.41) is 2.72. The molecule has 0 saturated carbocycles. The predicted molar refractivity (Wildman–Crippen MR) is 152 cm³/mol. The maximum atomic E-state index is 13.5. The molecule has 216 valence electrons. The molecule has 42 heavy (non-hydrogen) atoms. The quantitative estimate of drug-likeness (QED) is 0.209. The number of piperidine rings is 1. The highest BCUT2D eigenvalue weighted by Gasteiger charge is 2.31. The van der Waals surface area contributed by atoms with Crippen LogP contribution in [0, 0.1) is 0 Å². The van der Waals surface area contributed by atoms with Gasteiger partial charge < -0.3 is 14.4 Å². The minimum atomic E-state index is -4.42. The molecule has 2 aliphatic heterocycles. The molecule has 1 aromatic heterocycles. The molecule has 0 radical (unpaired) electrons. The van der Waals surface area contributed by atoms with Gasteiger partial charge in [0.15, 0.2) is 17.3 Å². The Balaban J connectivity index is 1.06. The largest absolute Gasteiger partial charge is 0.454 e. The number of alkyl halides is 3. The van der Waals surface area contributed by atoms with Crippen molar-refractivity contribution < 1.29 is 32.2 Å². The predicted octanol–water partition coefficient (Wildman–Crippen LogP) is 7.39. The first-order valence-electron chi connectivity index (χ1n) is 13.7. The van der Waals surface area contributed by atoms with Gasteiger partial charge in [0.25, 0.3) is 5.91 Å². The van der Waals surface area contributed by atoms with E-state index >= 15 is 0 Å². The van der Waals surface area contributed by atoms with Crippen molar-refractivity contribution in [1.29, 1.82) is 0 Å². The van der Waals surface area contributed by atoms with Crippen molar-refractivity contribution in [2.45, 2.75) is 37.8 Å². The number of aromatic nitrogens is 1. The zero-order valence-electron chi connectivity index (χ0n) is 22.5. The molecule has 0 unspecified atom stereocenters. The summed E-state index contributed by atoms with van der Waals surface area (Å²) in [7, 11) is 0. The van der Waals surface area contributed by atoms with E-state index < -0.39 is 11.7 Å². The van der Waals surface area contributed by atoms with Crippen molar-refractivity contribution in [3.8, 4) is 22.6 Å². The molecule has 4 aromatic rings. The Morgan fingerprint density at radius 2 is 1.69 bits per heavy atom. The first-order valence-corrected chi connectivity index (χ1v) is 14.6. The number of ketones is 1. The summed E-state index contributed by atoms with van der Waals surface area (Å²) in [4.78, 5) is 32.8. The minimum absolute atomic E-state index is 0.0114. The molecule has 0 bridgehead atoms. The van der Waals surface area contributed by atoms with Gasteiger partial charge in [-0.1, -0.05) is 36.4 Å². The first-order chi connectivity index (χ1) is 20.3. The van der Waals surface area contributed by atoms with Crippen LogP contribution in [0.1, 0.15) is 62.2 Å². The number of aryl methyl sites for hydroxylation is 1. The standard InChI is InChI=1S/C32H27F3N2O4S/c33-32(34,35)23-9-7-21(8-10-23)24-3-1-2-4-25(24)31(39)37-15-13-22(14-16-37)30-36-26(18-42-30)27(38)11-5-20-6-12-28-29(17-20)41-19-40-28/h1-4,6-10,12,17-18,22H,5,11,13-16,19H2. The van der Waals surface area contributed by atoms with Gasteiger partial charge in [0.2, 0.25) is 6.79 Å². The van der Waals surface area contributed by atoms with Crippen LogP contribution in [-0.2, 0) is 12.6 Å². The molecule has 3 heterocycles. The zero-order chi connectivity index (χ0) is 29.3. The van der Waals surface area contributed by atoms with E-state index in [4.69, 9.17) is 9.47 Å². The fourth-order valence-corrected chi connectivity index (χ4v) is 6.34. The molecular weight excluding hydrogens is 565 g/mol. The molecule has 6 rings (SSSR count). The number of fused-ring (bicyclic) bond motifs is 1. The Hall–Kier alpha value is -4.18. The van der Waals surface area contributed by atoms with Gasteiger partial charge in [-0.3, -0.25) is 9.59 Å². The van der Waals surface area contributed by atoms with E-state index in [1.54, 1.807) is 29.2 Å². The van der Waals surface area contributed by atoms with Crippen molar-refractivity contribution in [3.63, 3.8) is 0 Å². The number of ether oxygens (including phenoxy) is 2. The number of hydrogen-bond acceptors (Lipinski definition) is 6. The molecule has 0 spiro atoms. The van der Waals surface area contributed by atoms with Gasteiger partial charge in [-0.05, 0) is 66.3 Å². The number of hydrogen-bond donors (Lipinski definition) is 0. The molecule has 2 aliphatic rings. The Morgan fingerprint density at radius 3 is 2.45 bits per heavy atom. The second kappa shape index (κ2) is 11.6. The van der Waals surface area contributed by atoms with Gasteiger partial charge in [0.05, 0.1) is 10.6 Å². The molecule has 0 aliphatic carbocycles. The lowest BCUT2D eigenvalue weighted by Gasteiger charge is -2.31. The fraction of sp³-hybridized carbons (Fsp3) is 0.281. The average Bonchev–Trinajstić information content (AvgIpc) is 3.69. The highest BCUT2D eigenvalue weighted by Crippen LogP contribution is 2.35. The SMILES string of the molecule is O=C(CCc1ccc2c(c1)OCO2)c1csc(C2CCN(C(=O)c3ccccc3-c3ccc(C(F)(F)F)cc3)CC2)n1. The van der Waals surface area contributed by atoms with Crippen LogP contribution < -0.4 is 9.47 Å². The summed E-state index contributed by atoms with van der Waals surface area (Å²) in [6.07, 6.45) is -2.07. The van der Waals surface area contributed by atoms with Crippen LogP contribution in [0.2, 0.25) is 0 Å². The fourth-order valence-electron chi connectivity index (χ4n) is 5.35. The number of carbonyl (C=O) groups excluding carboxylic acids is 2. The second-order valence-electron chi connectivity index (χ2n) is 10.4. The van der Waals surface area contributed by atoms with Gasteiger partial charge in [0.1, 0.15) is 5.69 Å². The van der Waals surface area contributed by atoms with E-state index in [9.17, 15) is 22.8 Å². The number of likely N-dealkylation sites (tertiary alicyclic amines) is 1. The molecule has 10 heteroatoms. The molecule has 1 saturated heterocycles. The number of halogens is 3. The van der Waals surface area contributed by atoms with E-state index in [0.29, 0.717) is 72.7 Å². The van der Waals surface area contributed by atoms with Gasteiger partial charge in [0, 0.05) is 36.4 Å². The summed E-state index contributed by atoms with van der Waals surface area (Å²) < 4.78 is 49.8. The third-order valence-electron chi connectivity index (χ3n) is 7.70. The van der Waals surface area contributed by atoms with E-state index in [0.717, 1.165) is 22.7 Å². The Labute approximate surface area is 244 Å². The van der Waals surface area contributed by atoms with E-state index in [2.05, 4.69) is 4.98 Å². The number of nitrogens with zero attached hydrogens (tertiary/aromatic N) is 2. The van der Waals surface area contributed by atoms with Crippen molar-refractivity contribution in [2.24, 2.45) is 0 Å². The van der Waals surface area contributed by atoms with Crippen molar-refractivity contribution in [1.82, 2.24) is 9.88 Å². The third-order valence-corrected chi connectivity index (χ3v) is 8.70. The van der Waals surface area contributed by atoms with Gasteiger partial charge in [-0.2, -0.15) is 13.2 Å². The monoisotopic (exact) mass is 592 g/mol. The van der Waals surface area contributed by atoms with Gasteiger partial charge >= 0.3 is 6.18 Å². The summed E-state index contributed by atoms with van der Waals surface area (Å²) in [5.41, 5.74) is 2.36. The van der Waals surface area contributed by atoms with Gasteiger partial charge in [-0.15, -0.1) is 11.3 Å². The Kier molecular flexibility index (Phi) is 7.72. The van der Waals surface area contributed by atoms with Crippen LogP contribution >= 0.6 is 11.3 Å². The van der Waals surface area contributed by atoms with Crippen LogP contribution in [0.4, 0.5) is 13.2 Å². The van der Waals surface area contributed by atoms with Crippen LogP contribution in [-0.4, -0.2) is 41.5 Å². The lowest BCUT2D eigenvalue weighted by molar-refractivity contribution is -0.137. The van der Waals surface area contributed by atoms with Crippen LogP contribution in [0.15, 0.2) is 72.1 Å². The molecular formula is C32H27F3N2O4S. The van der Waals surface area contributed by atoms with Crippen LogP contribution in [0.5, 0.6) is 11.5 Å². The van der Waals surface area contributed by atoms with E-state index in [1.165, 1.54) is 23.5 Å². The molecule has 1 fully saturated rings. The molecule has 3 aromatic carbocycles. The number of carbonyl (C=O) groups is 2. The van der Waals surface area contributed by atoms with Crippen molar-refractivity contribution in [3.05, 3.63) is 99.5 Å². The van der Waals surface area contributed by atoms with E-state index in [-0.39, 0.29) is 24.4 Å². The van der Waals surface area contributed by atoms with Gasteiger partial charge in [-0.25, -0.2) is 4.98 Å². The van der Waals surface area contributed by atoms with Crippen molar-refractivity contribution >= 4 is 23.0 Å².